The molecule has 2 aromatic carbocycles. The van der Waals surface area contributed by atoms with Crippen molar-refractivity contribution in [3.05, 3.63) is 64.7 Å². The van der Waals surface area contributed by atoms with Crippen LogP contribution in [-0.2, 0) is 27.1 Å². The van der Waals surface area contributed by atoms with Crippen LogP contribution in [0, 0.1) is 0 Å². The summed E-state index contributed by atoms with van der Waals surface area (Å²) in [4.78, 5) is 16.7. The molecule has 2 aliphatic rings. The largest absolute Gasteiger partial charge is 0.379 e. The van der Waals surface area contributed by atoms with Crippen LogP contribution in [0.3, 0.4) is 0 Å². The summed E-state index contributed by atoms with van der Waals surface area (Å²) >= 11 is 6.30. The summed E-state index contributed by atoms with van der Waals surface area (Å²) in [6.45, 7) is 4.44. The molecule has 178 valence electrons. The zero-order valence-corrected chi connectivity index (χ0v) is 20.0. The lowest BCUT2D eigenvalue weighted by atomic mass is 10.1. The normalized spacial score (nSPS) is 17.7. The first-order chi connectivity index (χ1) is 15.9. The molecule has 2 fully saturated rings. The molecule has 2 aromatic rings. The van der Waals surface area contributed by atoms with E-state index in [2.05, 4.69) is 10.2 Å². The van der Waals surface area contributed by atoms with Gasteiger partial charge in [-0.2, -0.15) is 4.31 Å². The topological polar surface area (TPSA) is 82.2 Å². The van der Waals surface area contributed by atoms with Gasteiger partial charge in [0, 0.05) is 45.8 Å². The van der Waals surface area contributed by atoms with Gasteiger partial charge in [0.15, 0.2) is 0 Å². The van der Waals surface area contributed by atoms with E-state index in [0.29, 0.717) is 63.1 Å². The number of amides is 2. The quantitative estimate of drug-likeness (QED) is 0.670. The standard InChI is InChI=1S/C23H29ClN4O4S/c24-21-7-3-4-8-22(21)26-9-11-27(12-10-26)23(29)25-17-19-5-1-2-6-20(19)18-33(30,31)28-13-15-32-16-14-28/h1-8H,9-18H2,(H,25,29). The number of benzene rings is 2. The maximum Gasteiger partial charge on any atom is 0.317 e. The number of nitrogens with zero attached hydrogens (tertiary/aromatic N) is 3. The average Bonchev–Trinajstić information content (AvgIpc) is 2.84. The molecule has 4 rings (SSSR count). The van der Waals surface area contributed by atoms with Crippen molar-refractivity contribution >= 4 is 33.3 Å². The molecule has 0 spiro atoms. The summed E-state index contributed by atoms with van der Waals surface area (Å²) in [6.07, 6.45) is 0. The lowest BCUT2D eigenvalue weighted by molar-refractivity contribution is 0.0729. The third-order valence-corrected chi connectivity index (χ3v) is 8.16. The number of urea groups is 1. The van der Waals surface area contributed by atoms with Crippen LogP contribution >= 0.6 is 11.6 Å². The summed E-state index contributed by atoms with van der Waals surface area (Å²) < 4.78 is 32.4. The second-order valence-electron chi connectivity index (χ2n) is 8.12. The van der Waals surface area contributed by atoms with Gasteiger partial charge in [0.05, 0.1) is 29.7 Å². The van der Waals surface area contributed by atoms with E-state index in [0.717, 1.165) is 11.3 Å². The Hall–Kier alpha value is -2.33. The molecule has 0 aromatic heterocycles. The fourth-order valence-electron chi connectivity index (χ4n) is 4.12. The van der Waals surface area contributed by atoms with E-state index in [1.807, 2.05) is 48.5 Å². The molecule has 2 saturated heterocycles. The summed E-state index contributed by atoms with van der Waals surface area (Å²) in [5.74, 6) is -0.0877. The van der Waals surface area contributed by atoms with E-state index in [1.54, 1.807) is 4.90 Å². The van der Waals surface area contributed by atoms with Gasteiger partial charge in [-0.05, 0) is 23.3 Å². The van der Waals surface area contributed by atoms with Crippen molar-refractivity contribution in [1.29, 1.82) is 0 Å². The van der Waals surface area contributed by atoms with E-state index in [9.17, 15) is 13.2 Å². The average molecular weight is 493 g/mol. The minimum Gasteiger partial charge on any atom is -0.379 e. The predicted molar refractivity (Wildman–Crippen MR) is 129 cm³/mol. The molecular weight excluding hydrogens is 464 g/mol. The number of hydrogen-bond donors (Lipinski definition) is 1. The number of rotatable bonds is 6. The number of sulfonamides is 1. The number of hydrogen-bond acceptors (Lipinski definition) is 5. The molecule has 2 amide bonds. The van der Waals surface area contributed by atoms with Crippen LogP contribution in [0.15, 0.2) is 48.5 Å². The first-order valence-corrected chi connectivity index (χ1v) is 13.1. The molecule has 2 aliphatic heterocycles. The number of anilines is 1. The summed E-state index contributed by atoms with van der Waals surface area (Å²) in [6, 6.07) is 14.9. The third kappa shape index (κ3) is 5.97. The second-order valence-corrected chi connectivity index (χ2v) is 10.5. The highest BCUT2D eigenvalue weighted by Gasteiger charge is 2.26. The fourth-order valence-corrected chi connectivity index (χ4v) is 5.94. The lowest BCUT2D eigenvalue weighted by Crippen LogP contribution is -2.51. The number of morpholine rings is 1. The van der Waals surface area contributed by atoms with Gasteiger partial charge in [-0.25, -0.2) is 13.2 Å². The number of carbonyl (C=O) groups is 1. The highest BCUT2D eigenvalue weighted by Crippen LogP contribution is 2.26. The van der Waals surface area contributed by atoms with Gasteiger partial charge in [0.2, 0.25) is 10.0 Å². The number of piperazine rings is 1. The smallest absolute Gasteiger partial charge is 0.317 e. The highest BCUT2D eigenvalue weighted by atomic mass is 35.5. The Morgan fingerprint density at radius 3 is 2.24 bits per heavy atom. The van der Waals surface area contributed by atoms with Crippen LogP contribution in [0.2, 0.25) is 5.02 Å². The van der Waals surface area contributed by atoms with E-state index in [4.69, 9.17) is 16.3 Å². The van der Waals surface area contributed by atoms with Gasteiger partial charge in [-0.3, -0.25) is 0 Å². The Morgan fingerprint density at radius 1 is 0.909 bits per heavy atom. The van der Waals surface area contributed by atoms with Crippen LogP contribution in [-0.4, -0.2) is 76.1 Å². The molecule has 33 heavy (non-hydrogen) atoms. The molecule has 1 N–H and O–H groups in total. The van der Waals surface area contributed by atoms with E-state index in [-0.39, 0.29) is 18.3 Å². The number of carbonyl (C=O) groups excluding carboxylic acids is 1. The van der Waals surface area contributed by atoms with E-state index in [1.165, 1.54) is 4.31 Å². The Bertz CT molecular complexity index is 1070. The second kappa shape index (κ2) is 10.7. The molecular formula is C23H29ClN4O4S. The summed E-state index contributed by atoms with van der Waals surface area (Å²) in [7, 11) is -3.44. The van der Waals surface area contributed by atoms with Gasteiger partial charge < -0.3 is 19.9 Å². The first-order valence-electron chi connectivity index (χ1n) is 11.1. The minimum absolute atomic E-state index is 0.0877. The number of halogens is 1. The van der Waals surface area contributed by atoms with Crippen molar-refractivity contribution in [2.75, 3.05) is 57.4 Å². The van der Waals surface area contributed by atoms with E-state index >= 15 is 0 Å². The van der Waals surface area contributed by atoms with Crippen LogP contribution in [0.1, 0.15) is 11.1 Å². The Balaban J connectivity index is 1.32. The van der Waals surface area contributed by atoms with E-state index < -0.39 is 10.0 Å². The number of ether oxygens (including phenoxy) is 1. The maximum atomic E-state index is 12.8. The Kier molecular flexibility index (Phi) is 7.75. The van der Waals surface area contributed by atoms with Crippen molar-refractivity contribution < 1.29 is 17.9 Å². The molecule has 0 aliphatic carbocycles. The molecule has 0 bridgehead atoms. The molecule has 2 heterocycles. The molecule has 0 unspecified atom stereocenters. The van der Waals surface area contributed by atoms with Crippen LogP contribution in [0.4, 0.5) is 10.5 Å². The van der Waals surface area contributed by atoms with Crippen molar-refractivity contribution in [3.8, 4) is 0 Å². The molecule has 0 atom stereocenters. The highest BCUT2D eigenvalue weighted by molar-refractivity contribution is 7.88. The van der Waals surface area contributed by atoms with Crippen LogP contribution in [0.5, 0.6) is 0 Å². The van der Waals surface area contributed by atoms with Gasteiger partial charge in [0.25, 0.3) is 0 Å². The van der Waals surface area contributed by atoms with Crippen molar-refractivity contribution in [1.82, 2.24) is 14.5 Å². The fraction of sp³-hybridized carbons (Fsp3) is 0.435. The molecule has 0 radical (unpaired) electrons. The zero-order chi connectivity index (χ0) is 23.3. The van der Waals surface area contributed by atoms with Crippen molar-refractivity contribution in [2.45, 2.75) is 12.3 Å². The monoisotopic (exact) mass is 492 g/mol. The summed E-state index contributed by atoms with van der Waals surface area (Å²) in [5, 5.41) is 3.66. The van der Waals surface area contributed by atoms with Crippen molar-refractivity contribution in [2.24, 2.45) is 0 Å². The zero-order valence-electron chi connectivity index (χ0n) is 18.5. The van der Waals surface area contributed by atoms with Gasteiger partial charge in [-0.1, -0.05) is 48.0 Å². The Labute approximate surface area is 200 Å². The number of nitrogens with one attached hydrogen (secondary N) is 1. The van der Waals surface area contributed by atoms with Gasteiger partial charge >= 0.3 is 6.03 Å². The lowest BCUT2D eigenvalue weighted by Gasteiger charge is -2.36. The van der Waals surface area contributed by atoms with Crippen LogP contribution < -0.4 is 10.2 Å². The first kappa shape index (κ1) is 23.8. The van der Waals surface area contributed by atoms with Gasteiger partial charge in [-0.15, -0.1) is 0 Å². The van der Waals surface area contributed by atoms with Crippen LogP contribution in [0.25, 0.3) is 0 Å². The molecule has 0 saturated carbocycles. The maximum absolute atomic E-state index is 12.8. The van der Waals surface area contributed by atoms with Crippen molar-refractivity contribution in [3.63, 3.8) is 0 Å². The Morgan fingerprint density at radius 2 is 1.55 bits per heavy atom. The minimum atomic E-state index is -3.44. The predicted octanol–water partition coefficient (Wildman–Crippen LogP) is 2.53. The van der Waals surface area contributed by atoms with Gasteiger partial charge in [0.1, 0.15) is 0 Å². The SMILES string of the molecule is O=C(NCc1ccccc1CS(=O)(=O)N1CCOCC1)N1CCN(c2ccccc2Cl)CC1. The molecule has 8 nitrogen and oxygen atoms in total. The summed E-state index contributed by atoms with van der Waals surface area (Å²) in [5.41, 5.74) is 2.49. The third-order valence-electron chi connectivity index (χ3n) is 6.01. The number of para-hydroxylation sites is 1. The molecule has 10 heteroatoms.